The Morgan fingerprint density at radius 3 is 2.38 bits per heavy atom. The molecule has 7 nitrogen and oxygen atoms in total. The van der Waals surface area contributed by atoms with Gasteiger partial charge in [-0.15, -0.1) is 0 Å². The molecule has 0 atom stereocenters. The molecule has 1 heterocycles. The summed E-state index contributed by atoms with van der Waals surface area (Å²) < 4.78 is 5.45. The highest BCUT2D eigenvalue weighted by atomic mass is 16.6. The molecule has 0 aliphatic rings. The Balaban J connectivity index is 2.15. The number of carbonyl (C=O) groups excluding carboxylic acids is 2. The van der Waals surface area contributed by atoms with Crippen molar-refractivity contribution in [3.05, 3.63) is 53.6 Å². The lowest BCUT2D eigenvalue weighted by Crippen LogP contribution is -2.36. The molecule has 0 aliphatic heterocycles. The summed E-state index contributed by atoms with van der Waals surface area (Å²) in [6, 6.07) is 6.80. The predicted molar refractivity (Wildman–Crippen MR) is 89.0 cm³/mol. The number of aromatic nitrogens is 2. The van der Waals surface area contributed by atoms with Crippen molar-refractivity contribution in [2.24, 2.45) is 5.73 Å². The molecule has 128 valence electrons. The maximum Gasteiger partial charge on any atom is 0.410 e. The topological polar surface area (TPSA) is 101 Å². The number of aromatic amines is 1. The van der Waals surface area contributed by atoms with Gasteiger partial charge in [-0.1, -0.05) is 12.1 Å². The number of amides is 2. The van der Waals surface area contributed by atoms with E-state index in [1.165, 1.54) is 0 Å². The first-order valence-corrected chi connectivity index (χ1v) is 7.59. The van der Waals surface area contributed by atoms with Gasteiger partial charge < -0.3 is 15.5 Å². The summed E-state index contributed by atoms with van der Waals surface area (Å²) in [4.78, 5) is 32.3. The molecule has 0 saturated carbocycles. The molecule has 0 radical (unpaired) electrons. The van der Waals surface area contributed by atoms with Crippen LogP contribution in [0.1, 0.15) is 42.5 Å². The number of nitrogens with one attached hydrogen (secondary N) is 1. The van der Waals surface area contributed by atoms with Gasteiger partial charge in [0.15, 0.2) is 0 Å². The van der Waals surface area contributed by atoms with Crippen LogP contribution in [0.15, 0.2) is 36.7 Å². The summed E-state index contributed by atoms with van der Waals surface area (Å²) >= 11 is 0. The van der Waals surface area contributed by atoms with Crippen LogP contribution in [0.25, 0.3) is 0 Å². The third-order valence-electron chi connectivity index (χ3n) is 3.16. The van der Waals surface area contributed by atoms with Crippen LogP contribution >= 0.6 is 0 Å². The van der Waals surface area contributed by atoms with Crippen LogP contribution < -0.4 is 5.73 Å². The van der Waals surface area contributed by atoms with Crippen molar-refractivity contribution in [3.8, 4) is 0 Å². The molecule has 2 amide bonds. The van der Waals surface area contributed by atoms with E-state index in [1.54, 1.807) is 41.6 Å². The normalized spacial score (nSPS) is 11.1. The quantitative estimate of drug-likeness (QED) is 0.879. The second-order valence-corrected chi connectivity index (χ2v) is 6.43. The van der Waals surface area contributed by atoms with Crippen LogP contribution in [0.4, 0.5) is 4.79 Å². The van der Waals surface area contributed by atoms with Crippen LogP contribution in [0.2, 0.25) is 0 Å². The Morgan fingerprint density at radius 2 is 1.88 bits per heavy atom. The highest BCUT2D eigenvalue weighted by Crippen LogP contribution is 2.15. The Labute approximate surface area is 140 Å². The lowest BCUT2D eigenvalue weighted by Gasteiger charge is -2.27. The lowest BCUT2D eigenvalue weighted by molar-refractivity contribution is 0.0211. The second kappa shape index (κ2) is 7.16. The molecule has 2 aromatic rings. The second-order valence-electron chi connectivity index (χ2n) is 6.43. The highest BCUT2D eigenvalue weighted by Gasteiger charge is 2.23. The number of primary amides is 1. The molecule has 0 spiro atoms. The van der Waals surface area contributed by atoms with Gasteiger partial charge in [-0.3, -0.25) is 9.69 Å². The fraction of sp³-hybridized carbons (Fsp3) is 0.353. The van der Waals surface area contributed by atoms with Gasteiger partial charge >= 0.3 is 6.09 Å². The van der Waals surface area contributed by atoms with Gasteiger partial charge in [-0.05, 0) is 38.5 Å². The Bertz CT molecular complexity index is 688. The molecule has 1 aromatic heterocycles. The van der Waals surface area contributed by atoms with E-state index in [4.69, 9.17) is 10.5 Å². The smallest absolute Gasteiger partial charge is 0.410 e. The van der Waals surface area contributed by atoms with E-state index in [-0.39, 0.29) is 0 Å². The summed E-state index contributed by atoms with van der Waals surface area (Å²) in [5.41, 5.74) is 5.93. The Morgan fingerprint density at radius 1 is 1.21 bits per heavy atom. The van der Waals surface area contributed by atoms with Gasteiger partial charge in [-0.2, -0.15) is 0 Å². The van der Waals surface area contributed by atoms with E-state index in [9.17, 15) is 9.59 Å². The number of nitrogens with zero attached hydrogens (tertiary/aromatic N) is 2. The van der Waals surface area contributed by atoms with Crippen molar-refractivity contribution in [2.75, 3.05) is 0 Å². The molecular formula is C17H22N4O3. The first-order chi connectivity index (χ1) is 11.2. The number of hydrogen-bond acceptors (Lipinski definition) is 4. The van der Waals surface area contributed by atoms with Crippen LogP contribution in [0, 0.1) is 0 Å². The third kappa shape index (κ3) is 5.12. The first kappa shape index (κ1) is 17.5. The van der Waals surface area contributed by atoms with Gasteiger partial charge in [-0.25, -0.2) is 9.78 Å². The number of nitrogens with two attached hydrogens (primary N) is 1. The van der Waals surface area contributed by atoms with Crippen LogP contribution in [0.3, 0.4) is 0 Å². The van der Waals surface area contributed by atoms with E-state index in [0.29, 0.717) is 24.5 Å². The maximum atomic E-state index is 12.5. The van der Waals surface area contributed by atoms with E-state index in [0.717, 1.165) is 5.56 Å². The molecule has 7 heteroatoms. The van der Waals surface area contributed by atoms with Crippen molar-refractivity contribution < 1.29 is 14.3 Å². The molecule has 24 heavy (non-hydrogen) atoms. The SMILES string of the molecule is CC(C)(C)OC(=O)N(Cc1ccc(C(N)=O)cc1)Cc1ncc[nH]1. The van der Waals surface area contributed by atoms with Gasteiger partial charge in [0.1, 0.15) is 11.4 Å². The van der Waals surface area contributed by atoms with Crippen molar-refractivity contribution in [1.82, 2.24) is 14.9 Å². The summed E-state index contributed by atoms with van der Waals surface area (Å²) in [6.07, 6.45) is 2.90. The summed E-state index contributed by atoms with van der Waals surface area (Å²) in [7, 11) is 0. The number of H-pyrrole nitrogens is 1. The molecule has 0 fully saturated rings. The zero-order chi connectivity index (χ0) is 17.7. The van der Waals surface area contributed by atoms with Crippen molar-refractivity contribution >= 4 is 12.0 Å². The molecule has 0 saturated heterocycles. The monoisotopic (exact) mass is 330 g/mol. The van der Waals surface area contributed by atoms with Crippen molar-refractivity contribution in [2.45, 2.75) is 39.5 Å². The molecule has 2 rings (SSSR count). The standard InChI is InChI=1S/C17H22N4O3/c1-17(2,3)24-16(23)21(11-14-19-8-9-20-14)10-12-4-6-13(7-5-12)15(18)22/h4-9H,10-11H2,1-3H3,(H2,18,22)(H,19,20). The zero-order valence-corrected chi connectivity index (χ0v) is 14.1. The Kier molecular flexibility index (Phi) is 5.23. The number of ether oxygens (including phenoxy) is 1. The number of carbonyl (C=O) groups is 2. The first-order valence-electron chi connectivity index (χ1n) is 7.59. The summed E-state index contributed by atoms with van der Waals surface area (Å²) in [5, 5.41) is 0. The number of benzene rings is 1. The fourth-order valence-corrected chi connectivity index (χ4v) is 2.07. The number of hydrogen-bond donors (Lipinski definition) is 2. The molecule has 3 N–H and O–H groups in total. The van der Waals surface area contributed by atoms with Crippen LogP contribution in [-0.4, -0.2) is 32.5 Å². The van der Waals surface area contributed by atoms with Crippen LogP contribution in [-0.2, 0) is 17.8 Å². The van der Waals surface area contributed by atoms with Gasteiger partial charge in [0.2, 0.25) is 5.91 Å². The van der Waals surface area contributed by atoms with Gasteiger partial charge in [0, 0.05) is 24.5 Å². The molecule has 1 aromatic carbocycles. The minimum absolute atomic E-state index is 0.291. The Hall–Kier alpha value is -2.83. The number of rotatable bonds is 5. The molecule has 0 bridgehead atoms. The third-order valence-corrected chi connectivity index (χ3v) is 3.16. The van der Waals surface area contributed by atoms with E-state index < -0.39 is 17.6 Å². The van der Waals surface area contributed by atoms with Gasteiger partial charge in [0.05, 0.1) is 6.54 Å². The zero-order valence-electron chi connectivity index (χ0n) is 14.1. The predicted octanol–water partition coefficient (Wildman–Crippen LogP) is 2.45. The van der Waals surface area contributed by atoms with Crippen LogP contribution in [0.5, 0.6) is 0 Å². The molecular weight excluding hydrogens is 308 g/mol. The maximum absolute atomic E-state index is 12.5. The van der Waals surface area contributed by atoms with E-state index >= 15 is 0 Å². The van der Waals surface area contributed by atoms with E-state index in [2.05, 4.69) is 9.97 Å². The van der Waals surface area contributed by atoms with Crippen molar-refractivity contribution in [3.63, 3.8) is 0 Å². The average molecular weight is 330 g/mol. The molecule has 0 aliphatic carbocycles. The molecule has 0 unspecified atom stereocenters. The fourth-order valence-electron chi connectivity index (χ4n) is 2.07. The lowest BCUT2D eigenvalue weighted by atomic mass is 10.1. The minimum atomic E-state index is -0.589. The van der Waals surface area contributed by atoms with Gasteiger partial charge in [0.25, 0.3) is 0 Å². The number of imidazole rings is 1. The van der Waals surface area contributed by atoms with Crippen molar-refractivity contribution in [1.29, 1.82) is 0 Å². The minimum Gasteiger partial charge on any atom is -0.444 e. The average Bonchev–Trinajstić information content (AvgIpc) is 2.98. The van der Waals surface area contributed by atoms with E-state index in [1.807, 2.05) is 20.8 Å². The summed E-state index contributed by atoms with van der Waals surface area (Å²) in [5.74, 6) is 0.177. The summed E-state index contributed by atoms with van der Waals surface area (Å²) in [6.45, 7) is 6.07. The highest BCUT2D eigenvalue weighted by molar-refractivity contribution is 5.92. The largest absolute Gasteiger partial charge is 0.444 e.